The minimum atomic E-state index is -1.02. The van der Waals surface area contributed by atoms with E-state index in [0.29, 0.717) is 28.6 Å². The third-order valence-corrected chi connectivity index (χ3v) is 6.71. The standard InChI is InChI=1S/C34H29ClN6O4/c1-2-20-45-28-18-12-23(13-19-28)31-24(22-41(40-31)27-8-4-3-5-9-27)21-36-39-34(44)33(43)38-30-11-7-6-10-29(30)32(42)37-26-16-14-25(35)15-17-26/h3-19,21-22H,2,20H2,1H3,(H,37,42)(H,38,43)(H,39,44)/b36-21+. The highest BCUT2D eigenvalue weighted by molar-refractivity contribution is 6.40. The van der Waals surface area contributed by atoms with E-state index in [1.54, 1.807) is 47.3 Å². The van der Waals surface area contributed by atoms with Crippen LogP contribution in [-0.4, -0.2) is 40.3 Å². The zero-order valence-corrected chi connectivity index (χ0v) is 25.0. The first-order valence-corrected chi connectivity index (χ1v) is 14.5. The molecule has 3 amide bonds. The van der Waals surface area contributed by atoms with E-state index in [2.05, 4.69) is 21.2 Å². The summed E-state index contributed by atoms with van der Waals surface area (Å²) in [5.41, 5.74) is 5.97. The van der Waals surface area contributed by atoms with Gasteiger partial charge >= 0.3 is 11.8 Å². The number of para-hydroxylation sites is 2. The summed E-state index contributed by atoms with van der Waals surface area (Å²) in [4.78, 5) is 38.3. The molecule has 0 bridgehead atoms. The van der Waals surface area contributed by atoms with Crippen molar-refractivity contribution in [3.63, 3.8) is 0 Å². The Hall–Kier alpha value is -5.74. The summed E-state index contributed by atoms with van der Waals surface area (Å²) in [6, 6.07) is 30.0. The van der Waals surface area contributed by atoms with E-state index >= 15 is 0 Å². The summed E-state index contributed by atoms with van der Waals surface area (Å²) in [6.45, 7) is 2.66. The molecule has 0 radical (unpaired) electrons. The monoisotopic (exact) mass is 620 g/mol. The van der Waals surface area contributed by atoms with Crippen molar-refractivity contribution in [2.75, 3.05) is 17.2 Å². The number of ether oxygens (including phenoxy) is 1. The molecule has 3 N–H and O–H groups in total. The van der Waals surface area contributed by atoms with Crippen LogP contribution in [0, 0.1) is 0 Å². The Morgan fingerprint density at radius 1 is 0.867 bits per heavy atom. The summed E-state index contributed by atoms with van der Waals surface area (Å²) < 4.78 is 7.40. The average molecular weight is 621 g/mol. The predicted octanol–water partition coefficient (Wildman–Crippen LogP) is 6.32. The zero-order chi connectivity index (χ0) is 31.6. The van der Waals surface area contributed by atoms with Crippen LogP contribution in [0.3, 0.4) is 0 Å². The van der Waals surface area contributed by atoms with Crippen molar-refractivity contribution in [1.29, 1.82) is 0 Å². The first-order chi connectivity index (χ1) is 21.9. The van der Waals surface area contributed by atoms with Crippen molar-refractivity contribution in [3.8, 4) is 22.7 Å². The molecule has 0 fully saturated rings. The Kier molecular flexibility index (Phi) is 9.98. The molecular weight excluding hydrogens is 592 g/mol. The van der Waals surface area contributed by atoms with Gasteiger partial charge in [0.05, 0.1) is 29.8 Å². The van der Waals surface area contributed by atoms with Gasteiger partial charge in [0.25, 0.3) is 5.91 Å². The molecule has 226 valence electrons. The van der Waals surface area contributed by atoms with E-state index in [9.17, 15) is 14.4 Å². The topological polar surface area (TPSA) is 127 Å². The lowest BCUT2D eigenvalue weighted by atomic mass is 10.1. The molecule has 4 aromatic carbocycles. The second-order valence-electron chi connectivity index (χ2n) is 9.75. The van der Waals surface area contributed by atoms with Gasteiger partial charge in [0, 0.05) is 28.0 Å². The van der Waals surface area contributed by atoms with Crippen molar-refractivity contribution in [1.82, 2.24) is 15.2 Å². The Morgan fingerprint density at radius 3 is 2.31 bits per heavy atom. The molecule has 45 heavy (non-hydrogen) atoms. The molecule has 0 aliphatic carbocycles. The number of aromatic nitrogens is 2. The Balaban J connectivity index is 1.29. The summed E-state index contributed by atoms with van der Waals surface area (Å²) in [6.07, 6.45) is 4.10. The second-order valence-corrected chi connectivity index (χ2v) is 10.2. The second kappa shape index (κ2) is 14.6. The molecule has 1 aromatic heterocycles. The van der Waals surface area contributed by atoms with E-state index in [1.165, 1.54) is 18.3 Å². The highest BCUT2D eigenvalue weighted by Gasteiger charge is 2.18. The number of amides is 3. The molecule has 0 aliphatic heterocycles. The third kappa shape index (κ3) is 8.01. The lowest BCUT2D eigenvalue weighted by Gasteiger charge is -2.11. The summed E-state index contributed by atoms with van der Waals surface area (Å²) >= 11 is 5.91. The predicted molar refractivity (Wildman–Crippen MR) is 175 cm³/mol. The number of nitrogens with zero attached hydrogens (tertiary/aromatic N) is 3. The molecule has 10 nitrogen and oxygen atoms in total. The first-order valence-electron chi connectivity index (χ1n) is 14.1. The molecule has 0 saturated carbocycles. The van der Waals surface area contributed by atoms with Crippen molar-refractivity contribution in [3.05, 3.63) is 125 Å². The lowest BCUT2D eigenvalue weighted by molar-refractivity contribution is -0.136. The van der Waals surface area contributed by atoms with Crippen molar-refractivity contribution < 1.29 is 19.1 Å². The first kappa shape index (κ1) is 30.7. The minimum absolute atomic E-state index is 0.158. The molecule has 0 spiro atoms. The SMILES string of the molecule is CCCOc1ccc(-c2nn(-c3ccccc3)cc2/C=N/NC(=O)C(=O)Nc2ccccc2C(=O)Nc2ccc(Cl)cc2)cc1. The minimum Gasteiger partial charge on any atom is -0.494 e. The molecule has 5 rings (SSSR count). The van der Waals surface area contributed by atoms with Crippen LogP contribution in [0.25, 0.3) is 16.9 Å². The molecule has 5 aromatic rings. The highest BCUT2D eigenvalue weighted by atomic mass is 35.5. The van der Waals surface area contributed by atoms with Crippen molar-refractivity contribution >= 4 is 46.9 Å². The number of carbonyl (C=O) groups is 3. The van der Waals surface area contributed by atoms with Gasteiger partial charge in [-0.2, -0.15) is 10.2 Å². The van der Waals surface area contributed by atoms with Crippen LogP contribution in [0.1, 0.15) is 29.3 Å². The number of hydrogen-bond acceptors (Lipinski definition) is 6. The fraction of sp³-hybridized carbons (Fsp3) is 0.0882. The van der Waals surface area contributed by atoms with Crippen LogP contribution < -0.4 is 20.8 Å². The maximum atomic E-state index is 12.9. The average Bonchev–Trinajstić information content (AvgIpc) is 3.49. The molecule has 11 heteroatoms. The lowest BCUT2D eigenvalue weighted by Crippen LogP contribution is -2.33. The summed E-state index contributed by atoms with van der Waals surface area (Å²) in [5, 5.41) is 14.5. The van der Waals surface area contributed by atoms with Gasteiger partial charge < -0.3 is 15.4 Å². The van der Waals surface area contributed by atoms with Crippen molar-refractivity contribution in [2.45, 2.75) is 13.3 Å². The van der Waals surface area contributed by atoms with Crippen LogP contribution in [0.2, 0.25) is 5.02 Å². The molecule has 0 saturated heterocycles. The van der Waals surface area contributed by atoms with E-state index in [0.717, 1.165) is 23.4 Å². The molecule has 1 heterocycles. The van der Waals surface area contributed by atoms with Gasteiger partial charge in [0.15, 0.2) is 0 Å². The van der Waals surface area contributed by atoms with Crippen LogP contribution in [-0.2, 0) is 9.59 Å². The maximum Gasteiger partial charge on any atom is 0.329 e. The number of hydrogen-bond donors (Lipinski definition) is 3. The van der Waals surface area contributed by atoms with Gasteiger partial charge in [-0.25, -0.2) is 10.1 Å². The van der Waals surface area contributed by atoms with Crippen LogP contribution in [0.15, 0.2) is 114 Å². The zero-order valence-electron chi connectivity index (χ0n) is 24.2. The largest absolute Gasteiger partial charge is 0.494 e. The number of benzene rings is 4. The molecule has 0 aliphatic rings. The number of halogens is 1. The maximum absolute atomic E-state index is 12.9. The fourth-order valence-electron chi connectivity index (χ4n) is 4.26. The Morgan fingerprint density at radius 2 is 1.58 bits per heavy atom. The van der Waals surface area contributed by atoms with E-state index in [-0.39, 0.29) is 11.3 Å². The van der Waals surface area contributed by atoms with Crippen LogP contribution in [0.5, 0.6) is 5.75 Å². The van der Waals surface area contributed by atoms with E-state index in [1.807, 2.05) is 61.5 Å². The quantitative estimate of drug-likeness (QED) is 0.0956. The smallest absolute Gasteiger partial charge is 0.329 e. The van der Waals surface area contributed by atoms with Gasteiger partial charge in [-0.3, -0.25) is 14.4 Å². The number of nitrogens with one attached hydrogen (secondary N) is 3. The highest BCUT2D eigenvalue weighted by Crippen LogP contribution is 2.25. The van der Waals surface area contributed by atoms with Gasteiger partial charge in [-0.05, 0) is 79.2 Å². The van der Waals surface area contributed by atoms with Crippen LogP contribution >= 0.6 is 11.6 Å². The summed E-state index contributed by atoms with van der Waals surface area (Å²) in [5.74, 6) is -1.74. The molecule has 0 atom stereocenters. The number of carbonyl (C=O) groups excluding carboxylic acids is 3. The van der Waals surface area contributed by atoms with Gasteiger partial charge in [-0.15, -0.1) is 0 Å². The molecule has 0 unspecified atom stereocenters. The fourth-order valence-corrected chi connectivity index (χ4v) is 4.39. The van der Waals surface area contributed by atoms with Crippen molar-refractivity contribution in [2.24, 2.45) is 5.10 Å². The Bertz CT molecular complexity index is 1820. The number of rotatable bonds is 10. The van der Waals surface area contributed by atoms with Gasteiger partial charge in [0.1, 0.15) is 11.4 Å². The number of hydrazone groups is 1. The van der Waals surface area contributed by atoms with Crippen LogP contribution in [0.4, 0.5) is 11.4 Å². The normalized spacial score (nSPS) is 10.8. The van der Waals surface area contributed by atoms with Gasteiger partial charge in [0.2, 0.25) is 0 Å². The third-order valence-electron chi connectivity index (χ3n) is 6.46. The Labute approximate surface area is 264 Å². The van der Waals surface area contributed by atoms with E-state index < -0.39 is 17.7 Å². The molecular formula is C34H29ClN6O4. The van der Waals surface area contributed by atoms with E-state index in [4.69, 9.17) is 21.4 Å². The summed E-state index contributed by atoms with van der Waals surface area (Å²) in [7, 11) is 0. The van der Waals surface area contributed by atoms with Gasteiger partial charge in [-0.1, -0.05) is 48.9 Å². The number of anilines is 2.